The Labute approximate surface area is 88.1 Å². The number of fused-ring (bicyclic) bond motifs is 1. The van der Waals surface area contributed by atoms with E-state index in [2.05, 4.69) is 5.32 Å². The zero-order chi connectivity index (χ0) is 10.3. The summed E-state index contributed by atoms with van der Waals surface area (Å²) in [4.78, 5) is 12.6. The van der Waals surface area contributed by atoms with Gasteiger partial charge in [-0.25, -0.2) is 0 Å². The Kier molecular flexibility index (Phi) is 2.07. The second-order valence-corrected chi connectivity index (χ2v) is 5.65. The van der Waals surface area contributed by atoms with Crippen LogP contribution in [0.1, 0.15) is 29.8 Å². The number of hydrogen-bond acceptors (Lipinski definition) is 2. The predicted molar refractivity (Wildman–Crippen MR) is 58.6 cm³/mol. The highest BCUT2D eigenvalue weighted by atomic mass is 32.2. The van der Waals surface area contributed by atoms with Gasteiger partial charge in [0, 0.05) is 4.90 Å². The van der Waals surface area contributed by atoms with Gasteiger partial charge in [-0.15, -0.1) is 0 Å². The van der Waals surface area contributed by atoms with Gasteiger partial charge in [0.05, 0.1) is 10.4 Å². The molecular weight excluding hydrogens is 194 g/mol. The quantitative estimate of drug-likeness (QED) is 0.708. The van der Waals surface area contributed by atoms with Crippen molar-refractivity contribution in [3.05, 3.63) is 29.3 Å². The van der Waals surface area contributed by atoms with E-state index in [-0.39, 0.29) is 10.8 Å². The van der Waals surface area contributed by atoms with Crippen molar-refractivity contribution in [3.63, 3.8) is 0 Å². The highest BCUT2D eigenvalue weighted by molar-refractivity contribution is 8.00. The van der Waals surface area contributed by atoms with Crippen LogP contribution in [0.5, 0.6) is 0 Å². The maximum absolute atomic E-state index is 11.7. The second-order valence-electron chi connectivity index (χ2n) is 4.02. The third-order valence-electron chi connectivity index (χ3n) is 2.23. The molecule has 1 aromatic carbocycles. The number of amides is 1. The number of benzene rings is 1. The number of rotatable bonds is 0. The highest BCUT2D eigenvalue weighted by Gasteiger charge is 2.31. The van der Waals surface area contributed by atoms with Crippen LogP contribution in [0.4, 0.5) is 0 Å². The third-order valence-corrected chi connectivity index (χ3v) is 3.59. The lowest BCUT2D eigenvalue weighted by Gasteiger charge is -2.32. The summed E-state index contributed by atoms with van der Waals surface area (Å²) in [6, 6.07) is 5.84. The normalized spacial score (nSPS) is 18.6. The topological polar surface area (TPSA) is 29.1 Å². The molecule has 0 saturated heterocycles. The SMILES string of the molecule is Cc1cccc2c1SC(C)(C)NC2=O. The Morgan fingerprint density at radius 2 is 2.07 bits per heavy atom. The van der Waals surface area contributed by atoms with E-state index in [9.17, 15) is 4.79 Å². The molecule has 0 radical (unpaired) electrons. The van der Waals surface area contributed by atoms with Crippen molar-refractivity contribution >= 4 is 17.7 Å². The molecule has 1 N–H and O–H groups in total. The molecule has 0 aromatic heterocycles. The molecule has 74 valence electrons. The van der Waals surface area contributed by atoms with Crippen molar-refractivity contribution in [1.82, 2.24) is 5.32 Å². The van der Waals surface area contributed by atoms with E-state index in [1.54, 1.807) is 11.8 Å². The van der Waals surface area contributed by atoms with Crippen LogP contribution in [-0.2, 0) is 0 Å². The van der Waals surface area contributed by atoms with Crippen LogP contribution < -0.4 is 5.32 Å². The van der Waals surface area contributed by atoms with Crippen molar-refractivity contribution in [2.75, 3.05) is 0 Å². The summed E-state index contributed by atoms with van der Waals surface area (Å²) in [5, 5.41) is 2.96. The van der Waals surface area contributed by atoms with Gasteiger partial charge in [-0.05, 0) is 32.4 Å². The Morgan fingerprint density at radius 1 is 1.36 bits per heavy atom. The van der Waals surface area contributed by atoms with Crippen LogP contribution in [0.3, 0.4) is 0 Å². The standard InChI is InChI=1S/C11H13NOS/c1-7-5-4-6-8-9(7)14-11(2,3)12-10(8)13/h4-6H,1-3H3,(H,12,13). The molecule has 1 aliphatic rings. The Morgan fingerprint density at radius 3 is 2.79 bits per heavy atom. The molecule has 1 amide bonds. The van der Waals surface area contributed by atoms with Crippen molar-refractivity contribution in [1.29, 1.82) is 0 Å². The number of carbonyl (C=O) groups excluding carboxylic acids is 1. The van der Waals surface area contributed by atoms with E-state index >= 15 is 0 Å². The average Bonchev–Trinajstić information content (AvgIpc) is 2.05. The second kappa shape index (κ2) is 3.02. The number of thioether (sulfide) groups is 1. The fourth-order valence-corrected chi connectivity index (χ4v) is 2.74. The Bertz CT molecular complexity index is 398. The first-order valence-electron chi connectivity index (χ1n) is 4.61. The first-order chi connectivity index (χ1) is 6.49. The van der Waals surface area contributed by atoms with Crippen molar-refractivity contribution in [3.8, 4) is 0 Å². The van der Waals surface area contributed by atoms with Gasteiger partial charge in [-0.2, -0.15) is 0 Å². The largest absolute Gasteiger partial charge is 0.338 e. The minimum absolute atomic E-state index is 0.0347. The molecule has 1 aliphatic heterocycles. The van der Waals surface area contributed by atoms with E-state index in [0.717, 1.165) is 10.5 Å². The maximum Gasteiger partial charge on any atom is 0.253 e. The average molecular weight is 207 g/mol. The molecule has 0 aliphatic carbocycles. The fraction of sp³-hybridized carbons (Fsp3) is 0.364. The Hall–Kier alpha value is -0.960. The van der Waals surface area contributed by atoms with Crippen LogP contribution in [-0.4, -0.2) is 10.8 Å². The molecule has 3 heteroatoms. The lowest BCUT2D eigenvalue weighted by molar-refractivity contribution is 0.0929. The van der Waals surface area contributed by atoms with Crippen molar-refractivity contribution in [2.24, 2.45) is 0 Å². The molecule has 0 unspecified atom stereocenters. The van der Waals surface area contributed by atoms with Crippen molar-refractivity contribution < 1.29 is 4.79 Å². The summed E-state index contributed by atoms with van der Waals surface area (Å²) in [6.07, 6.45) is 0. The van der Waals surface area contributed by atoms with Gasteiger partial charge in [-0.3, -0.25) is 4.79 Å². The van der Waals surface area contributed by atoms with Crippen LogP contribution in [0, 0.1) is 6.92 Å². The van der Waals surface area contributed by atoms with Gasteiger partial charge in [-0.1, -0.05) is 23.9 Å². The van der Waals surface area contributed by atoms with Gasteiger partial charge in [0.1, 0.15) is 0 Å². The maximum atomic E-state index is 11.7. The molecule has 14 heavy (non-hydrogen) atoms. The molecule has 1 heterocycles. The van der Waals surface area contributed by atoms with E-state index in [1.165, 1.54) is 5.56 Å². The minimum atomic E-state index is -0.198. The van der Waals surface area contributed by atoms with Crippen molar-refractivity contribution in [2.45, 2.75) is 30.5 Å². The Balaban J connectivity index is 2.56. The summed E-state index contributed by atoms with van der Waals surface area (Å²) in [6.45, 7) is 6.08. The summed E-state index contributed by atoms with van der Waals surface area (Å²) in [7, 11) is 0. The van der Waals surface area contributed by atoms with Crippen LogP contribution in [0.2, 0.25) is 0 Å². The molecule has 0 spiro atoms. The van der Waals surface area contributed by atoms with Gasteiger partial charge >= 0.3 is 0 Å². The molecule has 2 rings (SSSR count). The van der Waals surface area contributed by atoms with Gasteiger partial charge in [0.15, 0.2) is 0 Å². The van der Waals surface area contributed by atoms with Crippen LogP contribution >= 0.6 is 11.8 Å². The lowest BCUT2D eigenvalue weighted by atomic mass is 10.1. The summed E-state index contributed by atoms with van der Waals surface area (Å²) >= 11 is 1.71. The molecule has 0 atom stereocenters. The van der Waals surface area contributed by atoms with Crippen LogP contribution in [0.15, 0.2) is 23.1 Å². The van der Waals surface area contributed by atoms with E-state index in [0.29, 0.717) is 0 Å². The molecule has 0 saturated carbocycles. The van der Waals surface area contributed by atoms with Gasteiger partial charge in [0.2, 0.25) is 0 Å². The molecule has 2 nitrogen and oxygen atoms in total. The van der Waals surface area contributed by atoms with Crippen LogP contribution in [0.25, 0.3) is 0 Å². The predicted octanol–water partition coefficient (Wildman–Crippen LogP) is 2.57. The van der Waals surface area contributed by atoms with E-state index < -0.39 is 0 Å². The molecule has 0 bridgehead atoms. The summed E-state index contributed by atoms with van der Waals surface area (Å²) in [5.74, 6) is 0.0347. The van der Waals surface area contributed by atoms with Gasteiger partial charge in [0.25, 0.3) is 5.91 Å². The first-order valence-corrected chi connectivity index (χ1v) is 5.42. The molecule has 0 fully saturated rings. The van der Waals surface area contributed by atoms with E-state index in [4.69, 9.17) is 0 Å². The third kappa shape index (κ3) is 1.52. The minimum Gasteiger partial charge on any atom is -0.338 e. The molecule has 1 aromatic rings. The first kappa shape index (κ1) is 9.59. The zero-order valence-electron chi connectivity index (χ0n) is 8.55. The lowest BCUT2D eigenvalue weighted by Crippen LogP contribution is -2.44. The number of hydrogen-bond donors (Lipinski definition) is 1. The zero-order valence-corrected chi connectivity index (χ0v) is 9.37. The fourth-order valence-electron chi connectivity index (χ4n) is 1.59. The number of nitrogens with one attached hydrogen (secondary N) is 1. The molecular formula is C11H13NOS. The summed E-state index contributed by atoms with van der Waals surface area (Å²) in [5.41, 5.74) is 1.98. The number of carbonyl (C=O) groups is 1. The number of aryl methyl sites for hydroxylation is 1. The monoisotopic (exact) mass is 207 g/mol. The van der Waals surface area contributed by atoms with E-state index in [1.807, 2.05) is 39.0 Å². The van der Waals surface area contributed by atoms with Gasteiger partial charge < -0.3 is 5.32 Å². The summed E-state index contributed by atoms with van der Waals surface area (Å²) < 4.78 is 0. The smallest absolute Gasteiger partial charge is 0.253 e. The highest BCUT2D eigenvalue weighted by Crippen LogP contribution is 2.38.